The Morgan fingerprint density at radius 1 is 0.967 bits per heavy atom. The molecule has 0 fully saturated rings. The molecule has 1 aliphatic rings. The fraction of sp³-hybridized carbons (Fsp3) is 0.750. The minimum absolute atomic E-state index is 0.0535. The maximum atomic E-state index is 7.27. The molecule has 2 heteroatoms. The first-order chi connectivity index (χ1) is 14.2. The van der Waals surface area contributed by atoms with Crippen LogP contribution in [0.15, 0.2) is 12.1 Å². The summed E-state index contributed by atoms with van der Waals surface area (Å²) in [5.74, 6) is 3.59. The largest absolute Gasteiger partial charge is 0.487 e. The van der Waals surface area contributed by atoms with Gasteiger partial charge in [-0.2, -0.15) is 0 Å². The highest BCUT2D eigenvalue weighted by molar-refractivity contribution is 5.57. The van der Waals surface area contributed by atoms with Gasteiger partial charge in [0.15, 0.2) is 5.69 Å². The van der Waals surface area contributed by atoms with Crippen LogP contribution >= 0.6 is 0 Å². The number of aryl methyl sites for hydroxylation is 2. The SMILES string of the molecule is [C-]#[N+]c1cc(C)c2c(c1)CC[C@@](C)(CCC[C@H](C)CCC[C@H](C)CCCC(C)C)O2. The van der Waals surface area contributed by atoms with E-state index >= 15 is 0 Å². The molecule has 1 aromatic carbocycles. The van der Waals surface area contributed by atoms with Gasteiger partial charge in [-0.3, -0.25) is 0 Å². The molecule has 0 amide bonds. The van der Waals surface area contributed by atoms with Gasteiger partial charge in [-0.1, -0.05) is 72.6 Å². The van der Waals surface area contributed by atoms with Gasteiger partial charge in [0, 0.05) is 0 Å². The second kappa shape index (κ2) is 11.8. The Hall–Kier alpha value is -1.49. The zero-order valence-electron chi connectivity index (χ0n) is 20.5. The summed E-state index contributed by atoms with van der Waals surface area (Å²) in [6, 6.07) is 3.98. The number of fused-ring (bicyclic) bond motifs is 1. The number of benzene rings is 1. The van der Waals surface area contributed by atoms with E-state index in [1.165, 1.54) is 56.9 Å². The molecule has 30 heavy (non-hydrogen) atoms. The van der Waals surface area contributed by atoms with Gasteiger partial charge in [-0.25, -0.2) is 4.85 Å². The van der Waals surface area contributed by atoms with Crippen molar-refractivity contribution in [1.82, 2.24) is 0 Å². The van der Waals surface area contributed by atoms with E-state index in [4.69, 9.17) is 11.3 Å². The quantitative estimate of drug-likeness (QED) is 0.313. The van der Waals surface area contributed by atoms with Crippen molar-refractivity contribution in [3.05, 3.63) is 34.7 Å². The van der Waals surface area contributed by atoms with E-state index in [1.807, 2.05) is 12.1 Å². The van der Waals surface area contributed by atoms with Crippen molar-refractivity contribution in [2.45, 2.75) is 118 Å². The van der Waals surface area contributed by atoms with Crippen molar-refractivity contribution in [3.63, 3.8) is 0 Å². The summed E-state index contributed by atoms with van der Waals surface area (Å²) in [4.78, 5) is 3.60. The Kier molecular flexibility index (Phi) is 9.73. The van der Waals surface area contributed by atoms with Crippen LogP contribution in [0, 0.1) is 31.2 Å². The lowest BCUT2D eigenvalue weighted by Gasteiger charge is -2.37. The Balaban J connectivity index is 1.68. The van der Waals surface area contributed by atoms with Crippen LogP contribution in [0.1, 0.15) is 110 Å². The molecule has 1 heterocycles. The summed E-state index contributed by atoms with van der Waals surface area (Å²) in [6.45, 7) is 21.1. The van der Waals surface area contributed by atoms with Gasteiger partial charge in [0.05, 0.1) is 6.57 Å². The second-order valence-electron chi connectivity index (χ2n) is 10.8. The molecular formula is C28H45NO. The van der Waals surface area contributed by atoms with Crippen molar-refractivity contribution >= 4 is 5.69 Å². The summed E-state index contributed by atoms with van der Waals surface area (Å²) in [7, 11) is 0. The number of rotatable bonds is 12. The minimum atomic E-state index is -0.0535. The third kappa shape index (κ3) is 7.98. The van der Waals surface area contributed by atoms with E-state index in [9.17, 15) is 0 Å². The monoisotopic (exact) mass is 411 g/mol. The lowest BCUT2D eigenvalue weighted by molar-refractivity contribution is 0.0516. The summed E-state index contributed by atoms with van der Waals surface area (Å²) in [5.41, 5.74) is 3.01. The molecule has 2 nitrogen and oxygen atoms in total. The number of nitrogens with zero attached hydrogens (tertiary/aromatic N) is 1. The smallest absolute Gasteiger partial charge is 0.188 e. The van der Waals surface area contributed by atoms with Gasteiger partial charge in [0.2, 0.25) is 0 Å². The number of hydrogen-bond acceptors (Lipinski definition) is 1. The third-order valence-electron chi connectivity index (χ3n) is 7.01. The first-order valence-electron chi connectivity index (χ1n) is 12.4. The van der Waals surface area contributed by atoms with Gasteiger partial charge in [0.1, 0.15) is 11.4 Å². The van der Waals surface area contributed by atoms with Gasteiger partial charge >= 0.3 is 0 Å². The maximum Gasteiger partial charge on any atom is 0.188 e. The lowest BCUT2D eigenvalue weighted by atomic mass is 9.85. The van der Waals surface area contributed by atoms with Crippen molar-refractivity contribution in [2.24, 2.45) is 17.8 Å². The standard InChI is InChI=1S/C28H45NO/c1-21(2)11-8-12-22(3)13-9-14-23(4)15-10-17-28(6)18-16-25-20-26(29-7)19-24(5)27(25)30-28/h19-23H,8-18H2,1-6H3/t22-,23-,28-/m1/s1. The molecule has 0 unspecified atom stereocenters. The zero-order valence-corrected chi connectivity index (χ0v) is 20.5. The summed E-state index contributed by atoms with van der Waals surface area (Å²) in [6.07, 6.45) is 14.1. The van der Waals surface area contributed by atoms with Crippen LogP contribution in [0.25, 0.3) is 4.85 Å². The van der Waals surface area contributed by atoms with Crippen molar-refractivity contribution < 1.29 is 4.74 Å². The predicted octanol–water partition coefficient (Wildman–Crippen LogP) is 9.07. The van der Waals surface area contributed by atoms with Crippen LogP contribution in [0.3, 0.4) is 0 Å². The molecule has 0 saturated heterocycles. The third-order valence-corrected chi connectivity index (χ3v) is 7.01. The molecule has 0 radical (unpaired) electrons. The highest BCUT2D eigenvalue weighted by Gasteiger charge is 2.32. The molecular weight excluding hydrogens is 366 g/mol. The fourth-order valence-electron chi connectivity index (χ4n) is 4.90. The van der Waals surface area contributed by atoms with Crippen LogP contribution in [-0.2, 0) is 6.42 Å². The highest BCUT2D eigenvalue weighted by Crippen LogP contribution is 2.40. The summed E-state index contributed by atoms with van der Waals surface area (Å²) in [5, 5.41) is 0. The molecule has 1 aromatic rings. The van der Waals surface area contributed by atoms with Crippen molar-refractivity contribution in [1.29, 1.82) is 0 Å². The van der Waals surface area contributed by atoms with Crippen LogP contribution < -0.4 is 4.74 Å². The van der Waals surface area contributed by atoms with Gasteiger partial charge in [-0.15, -0.1) is 0 Å². The first kappa shape index (κ1) is 24.8. The van der Waals surface area contributed by atoms with Gasteiger partial charge in [0.25, 0.3) is 0 Å². The highest BCUT2D eigenvalue weighted by atomic mass is 16.5. The Labute approximate surface area is 186 Å². The molecule has 0 N–H and O–H groups in total. The van der Waals surface area contributed by atoms with Crippen LogP contribution in [0.4, 0.5) is 5.69 Å². The van der Waals surface area contributed by atoms with Crippen LogP contribution in [0.5, 0.6) is 5.75 Å². The van der Waals surface area contributed by atoms with E-state index in [0.29, 0.717) is 0 Å². The molecule has 0 aromatic heterocycles. The second-order valence-corrected chi connectivity index (χ2v) is 10.8. The molecule has 168 valence electrons. The molecule has 0 saturated carbocycles. The average molecular weight is 412 g/mol. The molecule has 2 rings (SSSR count). The molecule has 0 bridgehead atoms. The fourth-order valence-corrected chi connectivity index (χ4v) is 4.90. The maximum absolute atomic E-state index is 7.27. The zero-order chi connectivity index (χ0) is 22.1. The summed E-state index contributed by atoms with van der Waals surface area (Å²) < 4.78 is 6.50. The van der Waals surface area contributed by atoms with E-state index in [1.54, 1.807) is 0 Å². The molecule has 1 aliphatic heterocycles. The van der Waals surface area contributed by atoms with Gasteiger partial charge < -0.3 is 4.74 Å². The normalized spacial score (nSPS) is 20.3. The van der Waals surface area contributed by atoms with Crippen molar-refractivity contribution in [2.75, 3.05) is 0 Å². The number of ether oxygens (including phenoxy) is 1. The van der Waals surface area contributed by atoms with Crippen molar-refractivity contribution in [3.8, 4) is 5.75 Å². The number of hydrogen-bond donors (Lipinski definition) is 0. The van der Waals surface area contributed by atoms with Crippen LogP contribution in [0.2, 0.25) is 0 Å². The summed E-state index contributed by atoms with van der Waals surface area (Å²) >= 11 is 0. The molecule has 0 spiro atoms. The van der Waals surface area contributed by atoms with Crippen LogP contribution in [-0.4, -0.2) is 5.60 Å². The minimum Gasteiger partial charge on any atom is -0.487 e. The van der Waals surface area contributed by atoms with E-state index in [2.05, 4.69) is 46.4 Å². The van der Waals surface area contributed by atoms with E-state index in [-0.39, 0.29) is 5.60 Å². The molecule has 3 atom stereocenters. The lowest BCUT2D eigenvalue weighted by Crippen LogP contribution is -2.36. The Bertz CT molecular complexity index is 701. The van der Waals surface area contributed by atoms with E-state index in [0.717, 1.165) is 54.0 Å². The van der Waals surface area contributed by atoms with E-state index < -0.39 is 0 Å². The first-order valence-corrected chi connectivity index (χ1v) is 12.4. The Morgan fingerprint density at radius 3 is 2.17 bits per heavy atom. The molecule has 0 aliphatic carbocycles. The predicted molar refractivity (Wildman–Crippen MR) is 130 cm³/mol. The average Bonchev–Trinajstić information content (AvgIpc) is 2.68. The van der Waals surface area contributed by atoms with Gasteiger partial charge in [-0.05, 0) is 80.5 Å². The Morgan fingerprint density at radius 2 is 1.57 bits per heavy atom. The topological polar surface area (TPSA) is 13.6 Å².